The van der Waals surface area contributed by atoms with Crippen molar-refractivity contribution in [2.75, 3.05) is 7.11 Å². The van der Waals surface area contributed by atoms with Crippen molar-refractivity contribution in [3.63, 3.8) is 0 Å². The van der Waals surface area contributed by atoms with Gasteiger partial charge in [0.05, 0.1) is 17.6 Å². The number of terminal acetylenes is 1. The van der Waals surface area contributed by atoms with Gasteiger partial charge in [-0.15, -0.1) is 6.42 Å². The molecule has 1 saturated carbocycles. The Labute approximate surface area is 91.6 Å². The van der Waals surface area contributed by atoms with Gasteiger partial charge in [0.1, 0.15) is 0 Å². The first-order valence-electron chi connectivity index (χ1n) is 5.27. The molecule has 1 amide bonds. The number of nitrogens with one attached hydrogen (secondary N) is 1. The third-order valence-corrected chi connectivity index (χ3v) is 2.99. The van der Waals surface area contributed by atoms with E-state index in [4.69, 9.17) is 11.2 Å². The van der Waals surface area contributed by atoms with Gasteiger partial charge >= 0.3 is 0 Å². The highest BCUT2D eigenvalue weighted by Crippen LogP contribution is 2.37. The summed E-state index contributed by atoms with van der Waals surface area (Å²) in [5.74, 6) is 2.51. The van der Waals surface area contributed by atoms with Crippen molar-refractivity contribution < 1.29 is 9.53 Å². The fraction of sp³-hybridized carbons (Fsp3) is 0.750. The molecule has 1 fully saturated rings. The average molecular weight is 209 g/mol. The van der Waals surface area contributed by atoms with Crippen LogP contribution in [0.2, 0.25) is 0 Å². The molecule has 3 nitrogen and oxygen atoms in total. The lowest BCUT2D eigenvalue weighted by Gasteiger charge is -2.40. The maximum Gasteiger partial charge on any atom is 0.224 e. The third kappa shape index (κ3) is 2.97. The first kappa shape index (κ1) is 12.1. The van der Waals surface area contributed by atoms with E-state index >= 15 is 0 Å². The number of methoxy groups -OCH3 is 1. The molecule has 0 aromatic carbocycles. The van der Waals surface area contributed by atoms with Crippen LogP contribution in [0.5, 0.6) is 0 Å². The molecule has 1 N–H and O–H groups in total. The number of hydrogen-bond acceptors (Lipinski definition) is 2. The zero-order valence-corrected chi connectivity index (χ0v) is 9.72. The molecule has 1 rings (SSSR count). The lowest BCUT2D eigenvalue weighted by atomic mass is 9.77. The normalized spacial score (nSPS) is 18.8. The van der Waals surface area contributed by atoms with Crippen LogP contribution in [0.15, 0.2) is 0 Å². The predicted octanol–water partition coefficient (Wildman–Crippen LogP) is 1.47. The number of carbonyl (C=O) groups is 1. The second-order valence-corrected chi connectivity index (χ2v) is 4.73. The first-order valence-corrected chi connectivity index (χ1v) is 5.27. The van der Waals surface area contributed by atoms with Crippen LogP contribution in [0.25, 0.3) is 0 Å². The van der Waals surface area contributed by atoms with E-state index in [2.05, 4.69) is 11.2 Å². The standard InChI is InChI=1S/C12H19NO2/c1-5-11(2,3)13-10(14)9-12(15-4)7-6-8-12/h1H,6-9H2,2-4H3,(H,13,14). The number of hydrogen-bond donors (Lipinski definition) is 1. The van der Waals surface area contributed by atoms with Crippen LogP contribution in [0, 0.1) is 12.3 Å². The molecule has 0 saturated heterocycles. The van der Waals surface area contributed by atoms with E-state index in [0.29, 0.717) is 6.42 Å². The summed E-state index contributed by atoms with van der Waals surface area (Å²) in [6, 6.07) is 0. The molecule has 0 spiro atoms. The van der Waals surface area contributed by atoms with Gasteiger partial charge in [-0.05, 0) is 33.1 Å². The topological polar surface area (TPSA) is 38.3 Å². The summed E-state index contributed by atoms with van der Waals surface area (Å²) in [6.45, 7) is 3.62. The molecule has 0 unspecified atom stereocenters. The van der Waals surface area contributed by atoms with Gasteiger partial charge in [0, 0.05) is 7.11 Å². The lowest BCUT2D eigenvalue weighted by molar-refractivity contribution is -0.135. The summed E-state index contributed by atoms with van der Waals surface area (Å²) in [4.78, 5) is 11.7. The first-order chi connectivity index (χ1) is 6.93. The predicted molar refractivity (Wildman–Crippen MR) is 59.3 cm³/mol. The molecule has 0 radical (unpaired) electrons. The summed E-state index contributed by atoms with van der Waals surface area (Å²) < 4.78 is 5.38. The minimum Gasteiger partial charge on any atom is -0.378 e. The maximum atomic E-state index is 11.7. The molecule has 0 aliphatic heterocycles. The molecule has 84 valence electrons. The fourth-order valence-electron chi connectivity index (χ4n) is 1.75. The molecule has 0 aromatic heterocycles. The molecular weight excluding hydrogens is 190 g/mol. The highest BCUT2D eigenvalue weighted by atomic mass is 16.5. The van der Waals surface area contributed by atoms with Gasteiger partial charge in [0.25, 0.3) is 0 Å². The van der Waals surface area contributed by atoms with E-state index in [0.717, 1.165) is 19.3 Å². The van der Waals surface area contributed by atoms with Crippen LogP contribution in [0.4, 0.5) is 0 Å². The number of rotatable bonds is 4. The average Bonchev–Trinajstić information content (AvgIpc) is 2.11. The van der Waals surface area contributed by atoms with E-state index < -0.39 is 5.54 Å². The fourth-order valence-corrected chi connectivity index (χ4v) is 1.75. The lowest BCUT2D eigenvalue weighted by Crippen LogP contribution is -2.48. The SMILES string of the molecule is C#CC(C)(C)NC(=O)CC1(OC)CCC1. The Morgan fingerprint density at radius 2 is 2.20 bits per heavy atom. The molecule has 3 heteroatoms. The minimum atomic E-state index is -0.574. The van der Waals surface area contributed by atoms with E-state index in [1.54, 1.807) is 7.11 Å². The Kier molecular flexibility index (Phi) is 3.41. The Bertz CT molecular complexity index is 279. The summed E-state index contributed by atoms with van der Waals surface area (Å²) in [5, 5.41) is 2.81. The molecule has 0 aromatic rings. The quantitative estimate of drug-likeness (QED) is 0.712. The van der Waals surface area contributed by atoms with Gasteiger partial charge in [-0.3, -0.25) is 4.79 Å². The molecular formula is C12H19NO2. The van der Waals surface area contributed by atoms with Crippen LogP contribution in [0.1, 0.15) is 39.5 Å². The van der Waals surface area contributed by atoms with E-state index in [1.165, 1.54) is 0 Å². The molecule has 1 aliphatic carbocycles. The van der Waals surface area contributed by atoms with Gasteiger partial charge in [0.2, 0.25) is 5.91 Å². The summed E-state index contributed by atoms with van der Waals surface area (Å²) in [7, 11) is 1.67. The van der Waals surface area contributed by atoms with Crippen LogP contribution in [-0.4, -0.2) is 24.2 Å². The largest absolute Gasteiger partial charge is 0.378 e. The molecule has 0 heterocycles. The van der Waals surface area contributed by atoms with Gasteiger partial charge in [-0.25, -0.2) is 0 Å². The van der Waals surface area contributed by atoms with Gasteiger partial charge in [0.15, 0.2) is 0 Å². The van der Waals surface area contributed by atoms with Crippen molar-refractivity contribution >= 4 is 5.91 Å². The smallest absolute Gasteiger partial charge is 0.224 e. The van der Waals surface area contributed by atoms with Crippen molar-refractivity contribution in [1.29, 1.82) is 0 Å². The van der Waals surface area contributed by atoms with Gasteiger partial charge in [-0.1, -0.05) is 5.92 Å². The number of carbonyl (C=O) groups excluding carboxylic acids is 1. The second kappa shape index (κ2) is 4.24. The Balaban J connectivity index is 2.46. The Morgan fingerprint density at radius 1 is 1.60 bits per heavy atom. The van der Waals surface area contributed by atoms with Crippen LogP contribution in [0.3, 0.4) is 0 Å². The molecule has 15 heavy (non-hydrogen) atoms. The van der Waals surface area contributed by atoms with Crippen LogP contribution < -0.4 is 5.32 Å². The Hall–Kier alpha value is -1.01. The van der Waals surface area contributed by atoms with Crippen molar-refractivity contribution in [2.24, 2.45) is 0 Å². The van der Waals surface area contributed by atoms with E-state index in [-0.39, 0.29) is 11.5 Å². The summed E-state index contributed by atoms with van der Waals surface area (Å²) >= 11 is 0. The van der Waals surface area contributed by atoms with Gasteiger partial charge in [-0.2, -0.15) is 0 Å². The van der Waals surface area contributed by atoms with Crippen LogP contribution in [-0.2, 0) is 9.53 Å². The van der Waals surface area contributed by atoms with Crippen molar-refractivity contribution in [3.8, 4) is 12.3 Å². The molecule has 0 atom stereocenters. The van der Waals surface area contributed by atoms with E-state index in [9.17, 15) is 4.79 Å². The number of amides is 1. The van der Waals surface area contributed by atoms with E-state index in [1.807, 2.05) is 13.8 Å². The zero-order chi connectivity index (χ0) is 11.5. The van der Waals surface area contributed by atoms with Gasteiger partial charge < -0.3 is 10.1 Å². The van der Waals surface area contributed by atoms with Crippen molar-refractivity contribution in [3.05, 3.63) is 0 Å². The zero-order valence-electron chi connectivity index (χ0n) is 9.72. The second-order valence-electron chi connectivity index (χ2n) is 4.73. The summed E-state index contributed by atoms with van der Waals surface area (Å²) in [6.07, 6.45) is 8.78. The molecule has 1 aliphatic rings. The Morgan fingerprint density at radius 3 is 2.53 bits per heavy atom. The van der Waals surface area contributed by atoms with Crippen LogP contribution >= 0.6 is 0 Å². The molecule has 0 bridgehead atoms. The third-order valence-electron chi connectivity index (χ3n) is 2.99. The highest BCUT2D eigenvalue weighted by molar-refractivity contribution is 5.78. The summed E-state index contributed by atoms with van der Waals surface area (Å²) in [5.41, 5.74) is -0.801. The monoisotopic (exact) mass is 209 g/mol. The number of ether oxygens (including phenoxy) is 1. The van der Waals surface area contributed by atoms with Crippen molar-refractivity contribution in [1.82, 2.24) is 5.32 Å². The minimum absolute atomic E-state index is 0.0282. The van der Waals surface area contributed by atoms with Crippen molar-refractivity contribution in [2.45, 2.75) is 50.7 Å². The maximum absolute atomic E-state index is 11.7. The highest BCUT2D eigenvalue weighted by Gasteiger charge is 2.39.